The van der Waals surface area contributed by atoms with Gasteiger partial charge in [0.15, 0.2) is 0 Å². The molecular weight excluding hydrogens is 390 g/mol. The fourth-order valence-corrected chi connectivity index (χ4v) is 2.96. The van der Waals surface area contributed by atoms with Crippen LogP contribution in [0.15, 0.2) is 72.9 Å². The highest BCUT2D eigenvalue weighted by Gasteiger charge is 2.22. The van der Waals surface area contributed by atoms with Crippen molar-refractivity contribution in [3.8, 4) is 12.1 Å². The minimum absolute atomic E-state index is 0.192. The van der Waals surface area contributed by atoms with Crippen LogP contribution in [-0.4, -0.2) is 29.4 Å². The number of carbonyl (C=O) groups excluding carboxylic acids is 2. The van der Waals surface area contributed by atoms with E-state index in [1.54, 1.807) is 79.9 Å². The van der Waals surface area contributed by atoms with Crippen molar-refractivity contribution in [2.24, 2.45) is 0 Å². The molecule has 0 radical (unpaired) electrons. The Hall–Kier alpha value is -4.49. The SMILES string of the molecule is CC(CN(C(=O)c1ccc(C#N)cc1)c1ccccn1)NC(=O)c1ccc(C#N)cc1. The summed E-state index contributed by atoms with van der Waals surface area (Å²) in [7, 11) is 0. The maximum atomic E-state index is 13.2. The lowest BCUT2D eigenvalue weighted by molar-refractivity contribution is 0.0927. The zero-order valence-corrected chi connectivity index (χ0v) is 16.8. The fraction of sp³-hybridized carbons (Fsp3) is 0.125. The van der Waals surface area contributed by atoms with Gasteiger partial charge in [-0.3, -0.25) is 14.5 Å². The molecule has 0 aliphatic rings. The van der Waals surface area contributed by atoms with Crippen molar-refractivity contribution < 1.29 is 9.59 Å². The number of pyridine rings is 1. The van der Waals surface area contributed by atoms with Crippen molar-refractivity contribution in [3.05, 3.63) is 95.2 Å². The van der Waals surface area contributed by atoms with Crippen molar-refractivity contribution in [3.63, 3.8) is 0 Å². The van der Waals surface area contributed by atoms with Crippen LogP contribution in [0.1, 0.15) is 38.8 Å². The topological polar surface area (TPSA) is 110 Å². The summed E-state index contributed by atoms with van der Waals surface area (Å²) in [5.74, 6) is -0.136. The van der Waals surface area contributed by atoms with Gasteiger partial charge < -0.3 is 5.32 Å². The third-order valence-corrected chi connectivity index (χ3v) is 4.54. The molecular formula is C24H19N5O2. The maximum absolute atomic E-state index is 13.2. The lowest BCUT2D eigenvalue weighted by Crippen LogP contribution is -2.44. The van der Waals surface area contributed by atoms with Crippen LogP contribution in [0.25, 0.3) is 0 Å². The summed E-state index contributed by atoms with van der Waals surface area (Å²) in [4.78, 5) is 31.5. The van der Waals surface area contributed by atoms with Gasteiger partial charge in [0.2, 0.25) is 0 Å². The minimum atomic E-state index is -0.382. The number of nitrogens with one attached hydrogen (secondary N) is 1. The number of nitrogens with zero attached hydrogens (tertiary/aromatic N) is 4. The first-order valence-corrected chi connectivity index (χ1v) is 9.56. The summed E-state index contributed by atoms with van der Waals surface area (Å²) in [6, 6.07) is 21.6. The Labute approximate surface area is 180 Å². The van der Waals surface area contributed by atoms with Crippen molar-refractivity contribution in [2.75, 3.05) is 11.4 Å². The van der Waals surface area contributed by atoms with Crippen LogP contribution in [0.5, 0.6) is 0 Å². The van der Waals surface area contributed by atoms with Crippen LogP contribution >= 0.6 is 0 Å². The molecule has 0 aliphatic carbocycles. The molecule has 0 saturated heterocycles. The smallest absolute Gasteiger partial charge is 0.259 e. The molecule has 0 saturated carbocycles. The highest BCUT2D eigenvalue weighted by atomic mass is 16.2. The lowest BCUT2D eigenvalue weighted by Gasteiger charge is -2.26. The number of rotatable bonds is 6. The van der Waals surface area contributed by atoms with Crippen molar-refractivity contribution in [2.45, 2.75) is 13.0 Å². The van der Waals surface area contributed by atoms with Gasteiger partial charge in [0, 0.05) is 29.9 Å². The highest BCUT2D eigenvalue weighted by Crippen LogP contribution is 2.16. The van der Waals surface area contributed by atoms with Gasteiger partial charge in [-0.1, -0.05) is 6.07 Å². The van der Waals surface area contributed by atoms with Crippen LogP contribution in [0, 0.1) is 22.7 Å². The standard InChI is InChI=1S/C24H19N5O2/c1-17(28-23(30)20-9-5-18(14-25)6-10-20)16-29(22-4-2-3-13-27-22)24(31)21-11-7-19(15-26)8-12-21/h2-13,17H,16H2,1H3,(H,28,30). The van der Waals surface area contributed by atoms with Gasteiger partial charge in [-0.05, 0) is 67.6 Å². The minimum Gasteiger partial charge on any atom is -0.348 e. The molecule has 1 heterocycles. The first-order valence-electron chi connectivity index (χ1n) is 9.56. The number of aromatic nitrogens is 1. The number of hydrogen-bond acceptors (Lipinski definition) is 5. The van der Waals surface area contributed by atoms with E-state index >= 15 is 0 Å². The van der Waals surface area contributed by atoms with E-state index in [4.69, 9.17) is 10.5 Å². The third-order valence-electron chi connectivity index (χ3n) is 4.54. The van der Waals surface area contributed by atoms with Gasteiger partial charge in [0.25, 0.3) is 11.8 Å². The predicted molar refractivity (Wildman–Crippen MR) is 115 cm³/mol. The van der Waals surface area contributed by atoms with Crippen molar-refractivity contribution in [1.29, 1.82) is 10.5 Å². The molecule has 0 fully saturated rings. The lowest BCUT2D eigenvalue weighted by atomic mass is 10.1. The fourth-order valence-electron chi connectivity index (χ4n) is 2.96. The quantitative estimate of drug-likeness (QED) is 0.672. The van der Waals surface area contributed by atoms with E-state index in [2.05, 4.69) is 10.3 Å². The average Bonchev–Trinajstić information content (AvgIpc) is 2.82. The van der Waals surface area contributed by atoms with Crippen LogP contribution in [0.3, 0.4) is 0 Å². The number of carbonyl (C=O) groups is 2. The molecule has 31 heavy (non-hydrogen) atoms. The Morgan fingerprint density at radius 2 is 1.52 bits per heavy atom. The Morgan fingerprint density at radius 1 is 0.935 bits per heavy atom. The van der Waals surface area contributed by atoms with Crippen LogP contribution in [0.2, 0.25) is 0 Å². The zero-order chi connectivity index (χ0) is 22.2. The molecule has 2 amide bonds. The van der Waals surface area contributed by atoms with E-state index in [0.29, 0.717) is 28.1 Å². The molecule has 1 atom stereocenters. The molecule has 2 aromatic carbocycles. The van der Waals surface area contributed by atoms with Gasteiger partial charge in [-0.25, -0.2) is 4.98 Å². The average molecular weight is 409 g/mol. The largest absolute Gasteiger partial charge is 0.348 e. The van der Waals surface area contributed by atoms with E-state index in [0.717, 1.165) is 0 Å². The van der Waals surface area contributed by atoms with Gasteiger partial charge in [-0.2, -0.15) is 10.5 Å². The monoisotopic (exact) mass is 409 g/mol. The predicted octanol–water partition coefficient (Wildman–Crippen LogP) is 3.29. The summed E-state index contributed by atoms with van der Waals surface area (Å²) >= 11 is 0. The van der Waals surface area contributed by atoms with Gasteiger partial charge in [-0.15, -0.1) is 0 Å². The number of nitriles is 2. The molecule has 1 N–H and O–H groups in total. The van der Waals surface area contributed by atoms with Crippen molar-refractivity contribution >= 4 is 17.6 Å². The van der Waals surface area contributed by atoms with Gasteiger partial charge in [0.1, 0.15) is 5.82 Å². The van der Waals surface area contributed by atoms with Crippen LogP contribution in [-0.2, 0) is 0 Å². The highest BCUT2D eigenvalue weighted by molar-refractivity contribution is 6.05. The number of benzene rings is 2. The number of anilines is 1. The molecule has 1 aromatic heterocycles. The summed E-state index contributed by atoms with van der Waals surface area (Å²) < 4.78 is 0. The van der Waals surface area contributed by atoms with E-state index in [1.807, 2.05) is 12.1 Å². The molecule has 0 spiro atoms. The summed E-state index contributed by atoms with van der Waals surface area (Å²) in [5, 5.41) is 20.7. The van der Waals surface area contributed by atoms with Crippen LogP contribution < -0.4 is 10.2 Å². The summed E-state index contributed by atoms with van der Waals surface area (Å²) in [6.07, 6.45) is 1.59. The third kappa shape index (κ3) is 5.31. The molecule has 7 nitrogen and oxygen atoms in total. The summed E-state index contributed by atoms with van der Waals surface area (Å²) in [5.41, 5.74) is 1.77. The van der Waals surface area contributed by atoms with E-state index < -0.39 is 0 Å². The maximum Gasteiger partial charge on any atom is 0.259 e. The summed E-state index contributed by atoms with van der Waals surface area (Å²) in [6.45, 7) is 1.99. The van der Waals surface area contributed by atoms with E-state index in [1.165, 1.54) is 4.90 Å². The van der Waals surface area contributed by atoms with E-state index in [-0.39, 0.29) is 24.4 Å². The first kappa shape index (κ1) is 21.2. The van der Waals surface area contributed by atoms with Gasteiger partial charge >= 0.3 is 0 Å². The second-order valence-corrected chi connectivity index (χ2v) is 6.86. The molecule has 3 aromatic rings. The Kier molecular flexibility index (Phi) is 6.72. The van der Waals surface area contributed by atoms with Gasteiger partial charge in [0.05, 0.1) is 23.3 Å². The molecule has 0 bridgehead atoms. The Bertz CT molecular complexity index is 1140. The second kappa shape index (κ2) is 9.82. The molecule has 1 unspecified atom stereocenters. The van der Waals surface area contributed by atoms with Crippen molar-refractivity contribution in [1.82, 2.24) is 10.3 Å². The first-order chi connectivity index (χ1) is 15.0. The molecule has 7 heteroatoms. The van der Waals surface area contributed by atoms with Crippen LogP contribution in [0.4, 0.5) is 5.82 Å². The molecule has 152 valence electrons. The normalized spacial score (nSPS) is 10.9. The molecule has 0 aliphatic heterocycles. The Balaban J connectivity index is 1.77. The molecule has 3 rings (SSSR count). The zero-order valence-electron chi connectivity index (χ0n) is 16.8. The van der Waals surface area contributed by atoms with E-state index in [9.17, 15) is 9.59 Å². The Morgan fingerprint density at radius 3 is 2.03 bits per heavy atom. The number of hydrogen-bond donors (Lipinski definition) is 1. The second-order valence-electron chi connectivity index (χ2n) is 6.86. The number of amides is 2.